The van der Waals surface area contributed by atoms with Crippen molar-refractivity contribution in [1.29, 1.82) is 0 Å². The van der Waals surface area contributed by atoms with Crippen LogP contribution in [0.1, 0.15) is 67.2 Å². The highest BCUT2D eigenvalue weighted by atomic mass is 16.6. The summed E-state index contributed by atoms with van der Waals surface area (Å²) in [6, 6.07) is -0.484. The zero-order valence-electron chi connectivity index (χ0n) is 20.7. The zero-order chi connectivity index (χ0) is 25.2. The summed E-state index contributed by atoms with van der Waals surface area (Å²) in [6.45, 7) is 10.9. The van der Waals surface area contributed by atoms with Gasteiger partial charge in [-0.15, -0.1) is 0 Å². The number of ether oxygens (including phenoxy) is 2. The minimum absolute atomic E-state index is 0.0336. The van der Waals surface area contributed by atoms with E-state index in [1.165, 1.54) is 0 Å². The number of esters is 2. The van der Waals surface area contributed by atoms with Crippen LogP contribution >= 0.6 is 0 Å². The van der Waals surface area contributed by atoms with Crippen molar-refractivity contribution >= 4 is 23.8 Å². The number of nitrogens with one attached hydrogen (secondary N) is 2. The lowest BCUT2D eigenvalue weighted by Gasteiger charge is -2.33. The first kappa shape index (κ1) is 28.6. The SMILES string of the molecule is CC(C)(C)OC(=O)C[C@@H]1C/C=C\C[C@@H](CC(=O)NCCO)C(=O)N[C@H](C(C)(C)C)COC1=O. The smallest absolute Gasteiger partial charge is 0.309 e. The number of aliphatic hydroxyl groups is 1. The van der Waals surface area contributed by atoms with Gasteiger partial charge >= 0.3 is 11.9 Å². The van der Waals surface area contributed by atoms with E-state index in [1.54, 1.807) is 32.9 Å². The number of rotatable bonds is 6. The summed E-state index contributed by atoms with van der Waals surface area (Å²) in [7, 11) is 0. The standard InChI is InChI=1S/C24H40N2O7/c1-23(2,3)18-15-32-22(31)17(14-20(29)33-24(4,5)6)10-8-7-9-16(21(30)26-18)13-19(28)25-11-12-27/h7-8,16-18,27H,9-15H2,1-6H3,(H,25,28)(H,26,30)/b8-7-/t16-,17-,18-/m0/s1. The molecule has 1 heterocycles. The molecule has 0 aromatic heterocycles. The highest BCUT2D eigenvalue weighted by Crippen LogP contribution is 2.24. The Morgan fingerprint density at radius 2 is 1.70 bits per heavy atom. The van der Waals surface area contributed by atoms with Gasteiger partial charge in [-0.2, -0.15) is 0 Å². The monoisotopic (exact) mass is 468 g/mol. The molecule has 1 rings (SSSR count). The molecule has 1 aliphatic rings. The summed E-state index contributed by atoms with van der Waals surface area (Å²) in [5, 5.41) is 14.4. The molecule has 3 N–H and O–H groups in total. The molecule has 0 bridgehead atoms. The van der Waals surface area contributed by atoms with Crippen LogP contribution in [0.15, 0.2) is 12.2 Å². The second kappa shape index (κ2) is 12.7. The lowest BCUT2D eigenvalue weighted by molar-refractivity contribution is -0.162. The molecule has 9 heteroatoms. The molecule has 0 aliphatic carbocycles. The van der Waals surface area contributed by atoms with Crippen molar-refractivity contribution in [3.8, 4) is 0 Å². The van der Waals surface area contributed by atoms with Crippen molar-refractivity contribution in [2.24, 2.45) is 17.3 Å². The van der Waals surface area contributed by atoms with E-state index in [2.05, 4.69) is 10.6 Å². The molecule has 2 amide bonds. The van der Waals surface area contributed by atoms with Crippen LogP contribution in [0.25, 0.3) is 0 Å². The molecule has 3 atom stereocenters. The second-order valence-corrected chi connectivity index (χ2v) is 10.5. The molecular formula is C24H40N2O7. The molecule has 9 nitrogen and oxygen atoms in total. The van der Waals surface area contributed by atoms with Crippen molar-refractivity contribution in [2.75, 3.05) is 19.8 Å². The number of allylic oxidation sites excluding steroid dienone is 2. The van der Waals surface area contributed by atoms with Crippen LogP contribution in [-0.2, 0) is 28.7 Å². The van der Waals surface area contributed by atoms with Gasteiger partial charge in [0.05, 0.1) is 30.9 Å². The van der Waals surface area contributed by atoms with Crippen LogP contribution in [0.3, 0.4) is 0 Å². The lowest BCUT2D eigenvalue weighted by Crippen LogP contribution is -2.50. The van der Waals surface area contributed by atoms with Gasteiger partial charge in [-0.1, -0.05) is 32.9 Å². The number of hydrogen-bond donors (Lipinski definition) is 3. The summed E-state index contributed by atoms with van der Waals surface area (Å²) in [5.41, 5.74) is -1.08. The fraction of sp³-hybridized carbons (Fsp3) is 0.750. The third kappa shape index (κ3) is 11.3. The van der Waals surface area contributed by atoms with Crippen LogP contribution in [0, 0.1) is 17.3 Å². The van der Waals surface area contributed by atoms with Gasteiger partial charge in [0.15, 0.2) is 0 Å². The third-order valence-corrected chi connectivity index (χ3v) is 5.16. The van der Waals surface area contributed by atoms with Gasteiger partial charge in [0.1, 0.15) is 12.2 Å². The van der Waals surface area contributed by atoms with Gasteiger partial charge < -0.3 is 25.2 Å². The summed E-state index contributed by atoms with van der Waals surface area (Å²) >= 11 is 0. The van der Waals surface area contributed by atoms with E-state index in [9.17, 15) is 19.2 Å². The normalized spacial score (nSPS) is 23.9. The lowest BCUT2D eigenvalue weighted by atomic mass is 9.86. The quantitative estimate of drug-likeness (QED) is 0.401. The maximum Gasteiger partial charge on any atom is 0.309 e. The number of carbonyl (C=O) groups is 4. The minimum Gasteiger partial charge on any atom is -0.463 e. The van der Waals surface area contributed by atoms with Gasteiger partial charge in [-0.25, -0.2) is 0 Å². The summed E-state index contributed by atoms with van der Waals surface area (Å²) in [5.74, 6) is -2.96. The molecule has 0 unspecified atom stereocenters. The maximum absolute atomic E-state index is 12.9. The molecule has 0 aromatic rings. The van der Waals surface area contributed by atoms with E-state index < -0.39 is 40.8 Å². The highest BCUT2D eigenvalue weighted by Gasteiger charge is 2.33. The van der Waals surface area contributed by atoms with Gasteiger partial charge in [0.2, 0.25) is 11.8 Å². The van der Waals surface area contributed by atoms with E-state index in [1.807, 2.05) is 20.8 Å². The Labute approximate surface area is 196 Å². The first-order chi connectivity index (χ1) is 15.2. The van der Waals surface area contributed by atoms with Gasteiger partial charge in [0.25, 0.3) is 0 Å². The van der Waals surface area contributed by atoms with Crippen molar-refractivity contribution < 1.29 is 33.8 Å². The predicted molar refractivity (Wildman–Crippen MR) is 123 cm³/mol. The zero-order valence-corrected chi connectivity index (χ0v) is 20.7. The second-order valence-electron chi connectivity index (χ2n) is 10.5. The van der Waals surface area contributed by atoms with Crippen LogP contribution in [-0.4, -0.2) is 60.3 Å². The number of amides is 2. The summed E-state index contributed by atoms with van der Waals surface area (Å²) < 4.78 is 10.9. The van der Waals surface area contributed by atoms with Crippen LogP contribution in [0.2, 0.25) is 0 Å². The van der Waals surface area contributed by atoms with Crippen LogP contribution < -0.4 is 10.6 Å². The number of hydrogen-bond acceptors (Lipinski definition) is 7. The molecule has 0 saturated heterocycles. The first-order valence-electron chi connectivity index (χ1n) is 11.4. The Balaban J connectivity index is 3.06. The number of aliphatic hydroxyl groups excluding tert-OH is 1. The Kier molecular flexibility index (Phi) is 11.0. The number of cyclic esters (lactones) is 1. The molecule has 0 saturated carbocycles. The molecule has 33 heavy (non-hydrogen) atoms. The molecule has 0 spiro atoms. The van der Waals surface area contributed by atoms with Crippen molar-refractivity contribution in [1.82, 2.24) is 10.6 Å². The Morgan fingerprint density at radius 1 is 1.09 bits per heavy atom. The first-order valence-corrected chi connectivity index (χ1v) is 11.4. The Morgan fingerprint density at radius 3 is 2.24 bits per heavy atom. The van der Waals surface area contributed by atoms with Crippen molar-refractivity contribution in [3.05, 3.63) is 12.2 Å². The average Bonchev–Trinajstić information content (AvgIpc) is 2.67. The van der Waals surface area contributed by atoms with E-state index in [0.29, 0.717) is 6.42 Å². The van der Waals surface area contributed by atoms with Gasteiger partial charge in [-0.05, 0) is 39.0 Å². The average molecular weight is 469 g/mol. The molecule has 0 radical (unpaired) electrons. The molecule has 1 aliphatic heterocycles. The van der Waals surface area contributed by atoms with E-state index in [-0.39, 0.29) is 50.8 Å². The largest absolute Gasteiger partial charge is 0.463 e. The molecular weight excluding hydrogens is 428 g/mol. The molecule has 0 fully saturated rings. The van der Waals surface area contributed by atoms with Crippen molar-refractivity contribution in [3.63, 3.8) is 0 Å². The minimum atomic E-state index is -0.710. The van der Waals surface area contributed by atoms with Gasteiger partial charge in [-0.3, -0.25) is 19.2 Å². The summed E-state index contributed by atoms with van der Waals surface area (Å²) in [4.78, 5) is 50.1. The fourth-order valence-corrected chi connectivity index (χ4v) is 3.22. The summed E-state index contributed by atoms with van der Waals surface area (Å²) in [6.07, 6.45) is 3.87. The van der Waals surface area contributed by atoms with Crippen LogP contribution in [0.4, 0.5) is 0 Å². The Bertz CT molecular complexity index is 719. The van der Waals surface area contributed by atoms with Gasteiger partial charge in [0, 0.05) is 13.0 Å². The highest BCUT2D eigenvalue weighted by molar-refractivity contribution is 5.86. The Hall–Kier alpha value is -2.42. The van der Waals surface area contributed by atoms with Crippen molar-refractivity contribution in [2.45, 2.75) is 78.9 Å². The molecule has 0 aromatic carbocycles. The fourth-order valence-electron chi connectivity index (χ4n) is 3.22. The maximum atomic E-state index is 12.9. The van der Waals surface area contributed by atoms with Crippen LogP contribution in [0.5, 0.6) is 0 Å². The predicted octanol–water partition coefficient (Wildman–Crippen LogP) is 1.87. The van der Waals surface area contributed by atoms with E-state index >= 15 is 0 Å². The van der Waals surface area contributed by atoms with E-state index in [4.69, 9.17) is 14.6 Å². The molecule has 188 valence electrons. The topological polar surface area (TPSA) is 131 Å². The third-order valence-electron chi connectivity index (χ3n) is 5.16. The van der Waals surface area contributed by atoms with E-state index in [0.717, 1.165) is 0 Å². The number of carbonyl (C=O) groups excluding carboxylic acids is 4.